The molecule has 1 saturated heterocycles. The number of rotatable bonds is 3. The molecule has 0 radical (unpaired) electrons. The van der Waals surface area contributed by atoms with Gasteiger partial charge in [-0.2, -0.15) is 4.98 Å². The van der Waals surface area contributed by atoms with Gasteiger partial charge in [-0.1, -0.05) is 35.5 Å². The molecule has 4 rings (SSSR count). The Balaban J connectivity index is 1.55. The number of benzene rings is 1. The topological polar surface area (TPSA) is 72.1 Å². The van der Waals surface area contributed by atoms with Gasteiger partial charge < -0.3 is 9.42 Å². The molecule has 0 aliphatic carbocycles. The van der Waals surface area contributed by atoms with Gasteiger partial charge in [0.25, 0.3) is 11.8 Å². The van der Waals surface area contributed by atoms with Crippen molar-refractivity contribution in [3.63, 3.8) is 0 Å². The number of pyridine rings is 1. The zero-order valence-corrected chi connectivity index (χ0v) is 14.9. The smallest absolute Gasteiger partial charge is 0.266 e. The lowest BCUT2D eigenvalue weighted by molar-refractivity contribution is 0.0152. The van der Waals surface area contributed by atoms with Gasteiger partial charge in [-0.15, -0.1) is 0 Å². The molecule has 1 aromatic carbocycles. The minimum atomic E-state index is -1.86. The van der Waals surface area contributed by atoms with Crippen molar-refractivity contribution in [3.8, 4) is 11.4 Å². The first kappa shape index (κ1) is 17.3. The van der Waals surface area contributed by atoms with E-state index in [1.54, 1.807) is 12.1 Å². The van der Waals surface area contributed by atoms with Crippen molar-refractivity contribution < 1.29 is 13.7 Å². The quantitative estimate of drug-likeness (QED) is 0.709. The lowest BCUT2D eigenvalue weighted by Gasteiger charge is -2.35. The van der Waals surface area contributed by atoms with Crippen LogP contribution in [-0.4, -0.2) is 39.0 Å². The van der Waals surface area contributed by atoms with Gasteiger partial charge in [0.2, 0.25) is 11.5 Å². The molecule has 6 nitrogen and oxygen atoms in total. The van der Waals surface area contributed by atoms with Crippen molar-refractivity contribution in [1.82, 2.24) is 20.0 Å². The summed E-state index contributed by atoms with van der Waals surface area (Å²) in [5.41, 5.74) is 0.168. The molecule has 0 saturated carbocycles. The monoisotopic (exact) mass is 366 g/mol. The third-order valence-electron chi connectivity index (χ3n) is 4.73. The van der Waals surface area contributed by atoms with Crippen LogP contribution in [-0.2, 0) is 5.67 Å². The standard InChI is InChI=1S/C20H19FN4O2/c1-14-8-9-16(12-22-14)18(26)25-11-5-10-20(21,13-25)19-23-17(24-27-19)15-6-3-2-4-7-15/h2-4,6-9,12H,5,10-11,13H2,1H3. The fraction of sp³-hybridized carbons (Fsp3) is 0.300. The molecule has 0 spiro atoms. The van der Waals surface area contributed by atoms with Gasteiger partial charge in [0, 0.05) is 24.0 Å². The average molecular weight is 366 g/mol. The Hall–Kier alpha value is -3.09. The van der Waals surface area contributed by atoms with Crippen molar-refractivity contribution in [1.29, 1.82) is 0 Å². The fourth-order valence-electron chi connectivity index (χ4n) is 3.25. The lowest BCUT2D eigenvalue weighted by atomic mass is 9.94. The third kappa shape index (κ3) is 3.45. The molecule has 1 atom stereocenters. The molecule has 1 fully saturated rings. The number of alkyl halides is 1. The van der Waals surface area contributed by atoms with Gasteiger partial charge in [-0.05, 0) is 31.9 Å². The van der Waals surface area contributed by atoms with E-state index in [1.165, 1.54) is 11.1 Å². The Morgan fingerprint density at radius 1 is 1.22 bits per heavy atom. The van der Waals surface area contributed by atoms with E-state index in [4.69, 9.17) is 4.52 Å². The molecule has 0 bridgehead atoms. The van der Waals surface area contributed by atoms with Crippen LogP contribution in [0.3, 0.4) is 0 Å². The third-order valence-corrected chi connectivity index (χ3v) is 4.73. The van der Waals surface area contributed by atoms with Crippen LogP contribution in [0.2, 0.25) is 0 Å². The molecule has 1 aliphatic rings. The van der Waals surface area contributed by atoms with Crippen LogP contribution >= 0.6 is 0 Å². The zero-order valence-electron chi connectivity index (χ0n) is 14.9. The van der Waals surface area contributed by atoms with E-state index >= 15 is 4.39 Å². The number of likely N-dealkylation sites (tertiary alicyclic amines) is 1. The van der Waals surface area contributed by atoms with Crippen LogP contribution in [0.5, 0.6) is 0 Å². The number of hydrogen-bond donors (Lipinski definition) is 0. The highest BCUT2D eigenvalue weighted by Crippen LogP contribution is 2.36. The van der Waals surface area contributed by atoms with Gasteiger partial charge in [0.05, 0.1) is 12.1 Å². The molecule has 1 amide bonds. The highest BCUT2D eigenvalue weighted by atomic mass is 19.1. The molecule has 3 aromatic rings. The molecule has 0 N–H and O–H groups in total. The van der Waals surface area contributed by atoms with E-state index in [9.17, 15) is 4.79 Å². The molecular weight excluding hydrogens is 347 g/mol. The number of aryl methyl sites for hydroxylation is 1. The van der Waals surface area contributed by atoms with Gasteiger partial charge in [0.1, 0.15) is 0 Å². The Kier molecular flexibility index (Phi) is 4.43. The van der Waals surface area contributed by atoms with Crippen LogP contribution in [0.4, 0.5) is 4.39 Å². The number of aromatic nitrogens is 3. The highest BCUT2D eigenvalue weighted by molar-refractivity contribution is 5.94. The van der Waals surface area contributed by atoms with Gasteiger partial charge >= 0.3 is 0 Å². The first-order valence-corrected chi connectivity index (χ1v) is 8.86. The fourth-order valence-corrected chi connectivity index (χ4v) is 3.25. The van der Waals surface area contributed by atoms with Crippen LogP contribution in [0.1, 0.15) is 34.8 Å². The largest absolute Gasteiger partial charge is 0.335 e. The molecule has 27 heavy (non-hydrogen) atoms. The molecule has 7 heteroatoms. The van der Waals surface area contributed by atoms with Crippen molar-refractivity contribution in [2.75, 3.05) is 13.1 Å². The highest BCUT2D eigenvalue weighted by Gasteiger charge is 2.44. The number of hydrogen-bond acceptors (Lipinski definition) is 5. The first-order chi connectivity index (χ1) is 13.0. The maximum atomic E-state index is 15.6. The number of carbonyl (C=O) groups excluding carboxylic acids is 1. The molecule has 3 heterocycles. The minimum absolute atomic E-state index is 0.0825. The SMILES string of the molecule is Cc1ccc(C(=O)N2CCCC(F)(c3nc(-c4ccccc4)no3)C2)cn1. The summed E-state index contributed by atoms with van der Waals surface area (Å²) in [6.45, 7) is 2.22. The molecule has 138 valence electrons. The maximum absolute atomic E-state index is 15.6. The van der Waals surface area contributed by atoms with E-state index in [0.29, 0.717) is 24.4 Å². The van der Waals surface area contributed by atoms with Gasteiger partial charge in [-0.25, -0.2) is 4.39 Å². The summed E-state index contributed by atoms with van der Waals surface area (Å²) in [5, 5.41) is 3.91. The predicted octanol–water partition coefficient (Wildman–Crippen LogP) is 3.54. The summed E-state index contributed by atoms with van der Waals surface area (Å²) in [4.78, 5) is 22.6. The number of piperidine rings is 1. The summed E-state index contributed by atoms with van der Waals surface area (Å²) >= 11 is 0. The average Bonchev–Trinajstić information content (AvgIpc) is 3.20. The zero-order chi connectivity index (χ0) is 18.9. The van der Waals surface area contributed by atoms with Crippen LogP contribution in [0.15, 0.2) is 53.2 Å². The number of amides is 1. The Bertz CT molecular complexity index is 942. The van der Waals surface area contributed by atoms with Gasteiger partial charge in [0.15, 0.2) is 0 Å². The van der Waals surface area contributed by atoms with Crippen molar-refractivity contribution >= 4 is 5.91 Å². The summed E-state index contributed by atoms with van der Waals surface area (Å²) in [6, 6.07) is 12.7. The first-order valence-electron chi connectivity index (χ1n) is 8.86. The lowest BCUT2D eigenvalue weighted by Crippen LogP contribution is -2.46. The van der Waals surface area contributed by atoms with Crippen LogP contribution in [0, 0.1) is 6.92 Å². The van der Waals surface area contributed by atoms with E-state index in [2.05, 4.69) is 15.1 Å². The second-order valence-electron chi connectivity index (χ2n) is 6.77. The Morgan fingerprint density at radius 2 is 2.04 bits per heavy atom. The summed E-state index contributed by atoms with van der Waals surface area (Å²) < 4.78 is 20.8. The van der Waals surface area contributed by atoms with E-state index in [-0.39, 0.29) is 24.8 Å². The Morgan fingerprint density at radius 3 is 2.78 bits per heavy atom. The van der Waals surface area contributed by atoms with E-state index in [0.717, 1.165) is 11.3 Å². The summed E-state index contributed by atoms with van der Waals surface area (Å²) in [7, 11) is 0. The number of carbonyl (C=O) groups is 1. The Labute approximate surface area is 156 Å². The van der Waals surface area contributed by atoms with E-state index in [1.807, 2.05) is 37.3 Å². The van der Waals surface area contributed by atoms with Gasteiger partial charge in [-0.3, -0.25) is 9.78 Å². The molecule has 1 unspecified atom stereocenters. The van der Waals surface area contributed by atoms with Crippen molar-refractivity contribution in [2.24, 2.45) is 0 Å². The second kappa shape index (κ2) is 6.90. The van der Waals surface area contributed by atoms with E-state index < -0.39 is 5.67 Å². The van der Waals surface area contributed by atoms with Crippen LogP contribution in [0.25, 0.3) is 11.4 Å². The number of nitrogens with zero attached hydrogens (tertiary/aromatic N) is 4. The molecule has 2 aromatic heterocycles. The summed E-state index contributed by atoms with van der Waals surface area (Å²) in [6.07, 6.45) is 2.27. The maximum Gasteiger partial charge on any atom is 0.266 e. The predicted molar refractivity (Wildman–Crippen MR) is 96.6 cm³/mol. The number of halogens is 1. The molecular formula is C20H19FN4O2. The normalized spacial score (nSPS) is 19.9. The van der Waals surface area contributed by atoms with Crippen molar-refractivity contribution in [2.45, 2.75) is 25.4 Å². The second-order valence-corrected chi connectivity index (χ2v) is 6.77. The minimum Gasteiger partial charge on any atom is -0.335 e. The summed E-state index contributed by atoms with van der Waals surface area (Å²) in [5.74, 6) is 0.0155. The van der Waals surface area contributed by atoms with Crippen LogP contribution < -0.4 is 0 Å². The molecule has 1 aliphatic heterocycles. The van der Waals surface area contributed by atoms with Crippen molar-refractivity contribution in [3.05, 3.63) is 65.8 Å².